The molecule has 0 unspecified atom stereocenters. The lowest BCUT2D eigenvalue weighted by Gasteiger charge is -2.33. The summed E-state index contributed by atoms with van der Waals surface area (Å²) in [5, 5.41) is -2.91. The first kappa shape index (κ1) is 46.6. The van der Waals surface area contributed by atoms with Crippen LogP contribution in [0, 0.1) is 10.1 Å². The third-order valence-electron chi connectivity index (χ3n) is 12.1. The minimum absolute atomic E-state index is 0.148. The predicted octanol–water partition coefficient (Wildman–Crippen LogP) is 12.5. The van der Waals surface area contributed by atoms with Crippen LogP contribution in [0.4, 0.5) is 45.2 Å². The van der Waals surface area contributed by atoms with E-state index in [4.69, 9.17) is 0 Å². The minimum Gasteiger partial charge on any atom is -0.378 e. The van der Waals surface area contributed by atoms with E-state index in [1.54, 1.807) is 0 Å². The van der Waals surface area contributed by atoms with Crippen LogP contribution in [0.25, 0.3) is 11.1 Å². The van der Waals surface area contributed by atoms with Crippen LogP contribution in [-0.2, 0) is 37.2 Å². The second-order valence-corrected chi connectivity index (χ2v) is 19.3. The number of nitro groups is 1. The summed E-state index contributed by atoms with van der Waals surface area (Å²) in [6.45, 7) is -2.35. The minimum atomic E-state index is -7.48. The molecule has 3 aromatic carbocycles. The highest BCUT2D eigenvalue weighted by Crippen LogP contribution is 2.53. The number of hydrogen-bond acceptors (Lipinski definition) is 8. The summed E-state index contributed by atoms with van der Waals surface area (Å²) in [7, 11) is -14.7. The van der Waals surface area contributed by atoms with Gasteiger partial charge in [-0.15, -0.1) is 0 Å². The van der Waals surface area contributed by atoms with Gasteiger partial charge in [0.05, 0.1) is 22.7 Å². The summed E-state index contributed by atoms with van der Waals surface area (Å²) in [5.74, 6) is -7.62. The normalized spacial score (nSPS) is 18.6. The molecule has 0 heterocycles. The third kappa shape index (κ3) is 9.26. The van der Waals surface area contributed by atoms with Gasteiger partial charge in [0.15, 0.2) is 0 Å². The monoisotopic (exact) mass is 913 g/mol. The lowest BCUT2D eigenvalue weighted by atomic mass is 9.72. The Bertz CT molecular complexity index is 2250. The van der Waals surface area contributed by atoms with Crippen LogP contribution in [-0.4, -0.2) is 38.2 Å². The molecular formula is C41H44F9NO8S2. The van der Waals surface area contributed by atoms with Crippen LogP contribution in [0.2, 0.25) is 0 Å². The molecule has 0 atom stereocenters. The van der Waals surface area contributed by atoms with E-state index in [9.17, 15) is 48.9 Å². The zero-order chi connectivity index (χ0) is 44.6. The summed E-state index contributed by atoms with van der Waals surface area (Å²) in [5.41, 5.74) is -0.333. The molecule has 3 fully saturated rings. The highest BCUT2D eigenvalue weighted by Gasteiger charge is 2.83. The quantitative estimate of drug-likeness (QED) is 0.0676. The van der Waals surface area contributed by atoms with Gasteiger partial charge in [0.1, 0.15) is 5.75 Å². The largest absolute Gasteiger partial charge is 0.450 e. The Hall–Kier alpha value is -3.91. The van der Waals surface area contributed by atoms with Gasteiger partial charge < -0.3 is 4.18 Å². The van der Waals surface area contributed by atoms with Crippen molar-refractivity contribution >= 4 is 25.9 Å². The molecule has 20 heteroatoms. The third-order valence-corrected chi connectivity index (χ3v) is 14.7. The molecule has 336 valence electrons. The number of halogens is 9. The molecule has 0 spiro atoms. The Morgan fingerprint density at radius 3 is 1.54 bits per heavy atom. The molecule has 0 aromatic heterocycles. The van der Waals surface area contributed by atoms with Gasteiger partial charge in [0, 0.05) is 6.07 Å². The summed E-state index contributed by atoms with van der Waals surface area (Å²) < 4.78 is 189. The van der Waals surface area contributed by atoms with Crippen molar-refractivity contribution in [2.75, 3.05) is 0 Å². The van der Waals surface area contributed by atoms with Gasteiger partial charge in [-0.25, -0.2) is 0 Å². The molecule has 0 bridgehead atoms. The summed E-state index contributed by atoms with van der Waals surface area (Å²) >= 11 is 0. The SMILES string of the molecule is O=[N+]([O-])c1cccc(C(F)(F)F)c1COS(=O)(=O)C(F)(F)C(F)(F)C(F)(F)S(=O)(=O)Oc1ccc(-c2c(C3CCCCC3)cc(C3CCCCC3)cc2C2CCCCC2)cc1. The highest BCUT2D eigenvalue weighted by molar-refractivity contribution is 7.89. The summed E-state index contributed by atoms with van der Waals surface area (Å²) in [4.78, 5) is 9.77. The fourth-order valence-corrected chi connectivity index (χ4v) is 10.7. The molecular weight excluding hydrogens is 870 g/mol. The van der Waals surface area contributed by atoms with Crippen LogP contribution < -0.4 is 4.18 Å². The van der Waals surface area contributed by atoms with Crippen molar-refractivity contribution in [1.29, 1.82) is 0 Å². The van der Waals surface area contributed by atoms with E-state index in [0.717, 1.165) is 119 Å². The molecule has 6 rings (SSSR count). The molecule has 0 radical (unpaired) electrons. The molecule has 3 saturated carbocycles. The first-order valence-electron chi connectivity index (χ1n) is 20.1. The maximum Gasteiger partial charge on any atom is 0.450 e. The standard InChI is InChI=1S/C41H44F9NO8S2/c42-38(43,44)35-17-10-18-36(51(52)53)34(35)25-58-60(54,55)40(47,48)39(45,46)41(49,50)61(56,57)59-31-21-19-29(20-22-31)37-32(27-13-6-2-7-14-27)23-30(26-11-4-1-5-12-26)24-33(37)28-15-8-3-9-16-28/h10,17-24,26-28H,1-9,11-16,25H2. The average molecular weight is 914 g/mol. The lowest BCUT2D eigenvalue weighted by molar-refractivity contribution is -0.386. The topological polar surface area (TPSA) is 130 Å². The number of nitrogens with zero attached hydrogens (tertiary/aromatic N) is 1. The number of alkyl halides is 9. The van der Waals surface area contributed by atoms with E-state index in [0.29, 0.717) is 23.6 Å². The maximum atomic E-state index is 15.2. The van der Waals surface area contributed by atoms with Crippen molar-refractivity contribution in [1.82, 2.24) is 0 Å². The van der Waals surface area contributed by atoms with E-state index < -0.39 is 76.9 Å². The second kappa shape index (κ2) is 17.7. The molecule has 0 N–H and O–H groups in total. The van der Waals surface area contributed by atoms with E-state index in [2.05, 4.69) is 20.5 Å². The number of nitro benzene ring substituents is 1. The molecule has 9 nitrogen and oxygen atoms in total. The Morgan fingerprint density at radius 1 is 0.623 bits per heavy atom. The van der Waals surface area contributed by atoms with Crippen molar-refractivity contribution in [3.8, 4) is 16.9 Å². The van der Waals surface area contributed by atoms with Gasteiger partial charge in [0.25, 0.3) is 5.69 Å². The van der Waals surface area contributed by atoms with Gasteiger partial charge >= 0.3 is 42.8 Å². The Balaban J connectivity index is 1.30. The van der Waals surface area contributed by atoms with Crippen LogP contribution in [0.1, 0.15) is 142 Å². The van der Waals surface area contributed by atoms with Crippen molar-refractivity contribution < 1.29 is 69.6 Å². The fraction of sp³-hybridized carbons (Fsp3) is 0.561. The maximum absolute atomic E-state index is 15.2. The van der Waals surface area contributed by atoms with Crippen molar-refractivity contribution in [2.24, 2.45) is 0 Å². The fourth-order valence-electron chi connectivity index (χ4n) is 8.90. The van der Waals surface area contributed by atoms with E-state index in [1.165, 1.54) is 24.1 Å². The molecule has 3 aliphatic rings. The van der Waals surface area contributed by atoms with E-state index >= 15 is 17.6 Å². The molecule has 0 aliphatic heterocycles. The van der Waals surface area contributed by atoms with Crippen LogP contribution >= 0.6 is 0 Å². The highest BCUT2D eigenvalue weighted by atomic mass is 32.2. The molecule has 0 saturated heterocycles. The molecule has 61 heavy (non-hydrogen) atoms. The first-order chi connectivity index (χ1) is 28.5. The number of benzene rings is 3. The van der Waals surface area contributed by atoms with Crippen LogP contribution in [0.5, 0.6) is 5.75 Å². The first-order valence-corrected chi connectivity index (χ1v) is 22.9. The Labute approximate surface area is 347 Å². The van der Waals surface area contributed by atoms with Gasteiger partial charge in [0.2, 0.25) is 0 Å². The molecule has 3 aliphatic carbocycles. The Kier molecular flexibility index (Phi) is 13.5. The van der Waals surface area contributed by atoms with Crippen LogP contribution in [0.3, 0.4) is 0 Å². The van der Waals surface area contributed by atoms with Gasteiger partial charge in [-0.2, -0.15) is 56.3 Å². The van der Waals surface area contributed by atoms with E-state index in [1.807, 2.05) is 0 Å². The average Bonchev–Trinajstić information content (AvgIpc) is 3.22. The van der Waals surface area contributed by atoms with Crippen molar-refractivity contribution in [3.05, 3.63) is 92.5 Å². The Morgan fingerprint density at radius 2 is 1.08 bits per heavy atom. The van der Waals surface area contributed by atoms with Gasteiger partial charge in [-0.1, -0.05) is 88.1 Å². The van der Waals surface area contributed by atoms with Gasteiger partial charge in [-0.05, 0) is 102 Å². The predicted molar refractivity (Wildman–Crippen MR) is 206 cm³/mol. The van der Waals surface area contributed by atoms with Gasteiger partial charge in [-0.3, -0.25) is 14.3 Å². The lowest BCUT2D eigenvalue weighted by Crippen LogP contribution is -2.61. The van der Waals surface area contributed by atoms with E-state index in [-0.39, 0.29) is 17.9 Å². The molecule has 3 aromatic rings. The molecule has 0 amide bonds. The van der Waals surface area contributed by atoms with Crippen molar-refractivity contribution in [2.45, 2.75) is 143 Å². The van der Waals surface area contributed by atoms with Crippen LogP contribution in [0.15, 0.2) is 54.6 Å². The second-order valence-electron chi connectivity index (χ2n) is 16.0. The zero-order valence-corrected chi connectivity index (χ0v) is 34.3. The van der Waals surface area contributed by atoms with Crippen molar-refractivity contribution in [3.63, 3.8) is 0 Å². The number of hydrogen-bond donors (Lipinski definition) is 0. The summed E-state index contributed by atoms with van der Waals surface area (Å²) in [6, 6.07) is 9.97. The summed E-state index contributed by atoms with van der Waals surface area (Å²) in [6.07, 6.45) is 9.98. The smallest absolute Gasteiger partial charge is 0.378 e. The zero-order valence-electron chi connectivity index (χ0n) is 32.7. The number of rotatable bonds is 14.